The van der Waals surface area contributed by atoms with E-state index in [1.54, 1.807) is 11.3 Å². The number of benzene rings is 1. The van der Waals surface area contributed by atoms with E-state index in [4.69, 9.17) is 10.2 Å². The van der Waals surface area contributed by atoms with Gasteiger partial charge in [0, 0.05) is 35.3 Å². The van der Waals surface area contributed by atoms with Crippen molar-refractivity contribution < 1.29 is 4.42 Å². The largest absolute Gasteiger partial charge is 0.417 e. The van der Waals surface area contributed by atoms with Gasteiger partial charge < -0.3 is 10.2 Å². The molecule has 0 aliphatic rings. The quantitative estimate of drug-likeness (QED) is 0.607. The molecule has 0 fully saturated rings. The van der Waals surface area contributed by atoms with E-state index in [2.05, 4.69) is 19.7 Å². The first-order valence-corrected chi connectivity index (χ1v) is 7.82. The number of rotatable bonds is 3. The highest BCUT2D eigenvalue weighted by atomic mass is 32.1. The number of aromatic amines is 1. The summed E-state index contributed by atoms with van der Waals surface area (Å²) in [5.74, 6) is -0.447. The smallest absolute Gasteiger partial charge is 0.408 e. The van der Waals surface area contributed by atoms with Crippen molar-refractivity contribution >= 4 is 27.4 Å². The molecule has 3 N–H and O–H groups in total. The number of hydrogen-bond acceptors (Lipinski definition) is 5. The fraction of sp³-hybridized carbons (Fsp3) is 0.200. The normalized spacial score (nSPS) is 13.2. The minimum atomic E-state index is -0.447. The number of hydrogen-bond donors (Lipinski definition) is 2. The van der Waals surface area contributed by atoms with Crippen LogP contribution in [-0.2, 0) is 6.42 Å². The molecule has 1 aromatic carbocycles. The zero-order valence-corrected chi connectivity index (χ0v) is 12.7. The summed E-state index contributed by atoms with van der Waals surface area (Å²) < 4.78 is 7.17. The first kappa shape index (κ1) is 13.3. The maximum atomic E-state index is 11.2. The Bertz CT molecular complexity index is 1020. The predicted molar refractivity (Wildman–Crippen MR) is 86.3 cm³/mol. The highest BCUT2D eigenvalue weighted by Gasteiger charge is 2.12. The second-order valence-corrected chi connectivity index (χ2v) is 6.25. The Morgan fingerprint density at radius 2 is 2.36 bits per heavy atom. The molecule has 112 valence electrons. The molecule has 6 nitrogen and oxygen atoms in total. The van der Waals surface area contributed by atoms with Gasteiger partial charge in [0.05, 0.1) is 11.2 Å². The van der Waals surface area contributed by atoms with Gasteiger partial charge in [0.15, 0.2) is 10.5 Å². The molecule has 4 rings (SSSR count). The summed E-state index contributed by atoms with van der Waals surface area (Å²) in [5, 5.41) is 2.09. The number of nitrogens with one attached hydrogen (secondary N) is 1. The molecule has 0 aliphatic carbocycles. The van der Waals surface area contributed by atoms with Crippen LogP contribution in [0.3, 0.4) is 0 Å². The molecule has 0 aliphatic heterocycles. The Morgan fingerprint density at radius 3 is 3.18 bits per heavy atom. The van der Waals surface area contributed by atoms with Gasteiger partial charge in [-0.2, -0.15) is 0 Å². The maximum absolute atomic E-state index is 11.2. The summed E-state index contributed by atoms with van der Waals surface area (Å²) >= 11 is 1.60. The third-order valence-corrected chi connectivity index (χ3v) is 4.42. The topological polar surface area (TPSA) is 89.3 Å². The Labute approximate surface area is 129 Å². The van der Waals surface area contributed by atoms with Gasteiger partial charge in [-0.1, -0.05) is 6.07 Å². The van der Waals surface area contributed by atoms with E-state index >= 15 is 0 Å². The van der Waals surface area contributed by atoms with Gasteiger partial charge in [-0.25, -0.2) is 9.78 Å². The Morgan fingerprint density at radius 1 is 1.50 bits per heavy atom. The molecule has 7 heteroatoms. The second-order valence-electron chi connectivity index (χ2n) is 5.41. The molecule has 0 saturated carbocycles. The van der Waals surface area contributed by atoms with E-state index < -0.39 is 5.76 Å². The molecule has 0 radical (unpaired) electrons. The van der Waals surface area contributed by atoms with E-state index in [0.29, 0.717) is 11.1 Å². The van der Waals surface area contributed by atoms with Crippen LogP contribution in [-0.4, -0.2) is 20.4 Å². The van der Waals surface area contributed by atoms with Crippen LogP contribution in [0.15, 0.2) is 39.0 Å². The molecule has 3 heterocycles. The predicted octanol–water partition coefficient (Wildman–Crippen LogP) is 2.39. The van der Waals surface area contributed by atoms with Crippen molar-refractivity contribution in [3.63, 3.8) is 0 Å². The van der Waals surface area contributed by atoms with Gasteiger partial charge in [0.25, 0.3) is 0 Å². The molecule has 4 aromatic rings. The summed E-state index contributed by atoms with van der Waals surface area (Å²) in [5.41, 5.74) is 10.0. The third-order valence-electron chi connectivity index (χ3n) is 3.53. The van der Waals surface area contributed by atoms with Crippen LogP contribution in [0.25, 0.3) is 27.3 Å². The standard InChI is InChI=1S/C15H14N4O2S/c1-8(16)4-10-7-22-14-17-12(6-19(10)14)9-2-3-11-13(5-9)21-15(20)18-11/h2-3,5-8H,4,16H2,1H3,(H,18,20). The summed E-state index contributed by atoms with van der Waals surface area (Å²) in [6.45, 7) is 1.99. The Hall–Kier alpha value is -2.38. The number of thiazole rings is 1. The Balaban J connectivity index is 1.81. The van der Waals surface area contributed by atoms with Crippen LogP contribution in [0.5, 0.6) is 0 Å². The molecule has 22 heavy (non-hydrogen) atoms. The van der Waals surface area contributed by atoms with Gasteiger partial charge >= 0.3 is 5.76 Å². The fourth-order valence-corrected chi connectivity index (χ4v) is 3.44. The molecule has 1 atom stereocenters. The van der Waals surface area contributed by atoms with E-state index in [1.165, 1.54) is 0 Å². The average Bonchev–Trinajstić information content (AvgIpc) is 3.11. The third kappa shape index (κ3) is 2.15. The average molecular weight is 314 g/mol. The lowest BCUT2D eigenvalue weighted by molar-refractivity contribution is 0.555. The SMILES string of the molecule is CC(N)Cc1csc2nc(-c3ccc4[nH]c(=O)oc4c3)cn12. The highest BCUT2D eigenvalue weighted by Crippen LogP contribution is 2.26. The van der Waals surface area contributed by atoms with Crippen LogP contribution in [0, 0.1) is 0 Å². The lowest BCUT2D eigenvalue weighted by Crippen LogP contribution is -2.18. The van der Waals surface area contributed by atoms with E-state index in [0.717, 1.165) is 28.3 Å². The van der Waals surface area contributed by atoms with Crippen molar-refractivity contribution in [3.05, 3.63) is 46.0 Å². The van der Waals surface area contributed by atoms with Gasteiger partial charge in [-0.15, -0.1) is 11.3 Å². The first-order chi connectivity index (χ1) is 10.6. The van der Waals surface area contributed by atoms with Crippen LogP contribution in [0.4, 0.5) is 0 Å². The number of imidazole rings is 1. The molecular weight excluding hydrogens is 300 g/mol. The summed E-state index contributed by atoms with van der Waals surface area (Å²) in [6, 6.07) is 5.68. The number of fused-ring (bicyclic) bond motifs is 2. The number of nitrogens with two attached hydrogens (primary N) is 1. The first-order valence-electron chi connectivity index (χ1n) is 6.94. The fourth-order valence-electron chi connectivity index (χ4n) is 2.55. The van der Waals surface area contributed by atoms with E-state index in [-0.39, 0.29) is 6.04 Å². The van der Waals surface area contributed by atoms with Crippen molar-refractivity contribution in [1.29, 1.82) is 0 Å². The maximum Gasteiger partial charge on any atom is 0.417 e. The zero-order valence-electron chi connectivity index (χ0n) is 11.9. The molecule has 0 bridgehead atoms. The molecule has 3 aromatic heterocycles. The highest BCUT2D eigenvalue weighted by molar-refractivity contribution is 7.15. The van der Waals surface area contributed by atoms with Crippen molar-refractivity contribution in [2.24, 2.45) is 5.73 Å². The molecule has 0 spiro atoms. The number of oxazole rings is 1. The van der Waals surface area contributed by atoms with Gasteiger partial charge in [-0.05, 0) is 19.1 Å². The summed E-state index contributed by atoms with van der Waals surface area (Å²) in [4.78, 5) is 19.4. The van der Waals surface area contributed by atoms with Crippen molar-refractivity contribution in [2.75, 3.05) is 0 Å². The number of aromatic nitrogens is 3. The zero-order chi connectivity index (χ0) is 15.3. The summed E-state index contributed by atoms with van der Waals surface area (Å²) in [6.07, 6.45) is 2.80. The van der Waals surface area contributed by atoms with Crippen molar-refractivity contribution in [3.8, 4) is 11.3 Å². The van der Waals surface area contributed by atoms with Gasteiger partial charge in [-0.3, -0.25) is 9.38 Å². The van der Waals surface area contributed by atoms with E-state index in [9.17, 15) is 4.79 Å². The minimum absolute atomic E-state index is 0.106. The minimum Gasteiger partial charge on any atom is -0.408 e. The lowest BCUT2D eigenvalue weighted by atomic mass is 10.1. The monoisotopic (exact) mass is 314 g/mol. The van der Waals surface area contributed by atoms with Gasteiger partial charge in [0.1, 0.15) is 0 Å². The molecule has 0 amide bonds. The molecule has 1 unspecified atom stereocenters. The van der Waals surface area contributed by atoms with Crippen molar-refractivity contribution in [2.45, 2.75) is 19.4 Å². The Kier molecular flexibility index (Phi) is 2.91. The summed E-state index contributed by atoms with van der Waals surface area (Å²) in [7, 11) is 0. The van der Waals surface area contributed by atoms with Crippen LogP contribution < -0.4 is 11.5 Å². The number of nitrogens with zero attached hydrogens (tertiary/aromatic N) is 2. The van der Waals surface area contributed by atoms with Crippen LogP contribution in [0.2, 0.25) is 0 Å². The lowest BCUT2D eigenvalue weighted by Gasteiger charge is -2.02. The van der Waals surface area contributed by atoms with Crippen molar-refractivity contribution in [1.82, 2.24) is 14.4 Å². The molecule has 0 saturated heterocycles. The van der Waals surface area contributed by atoms with E-state index in [1.807, 2.05) is 31.3 Å². The number of H-pyrrole nitrogens is 1. The van der Waals surface area contributed by atoms with Gasteiger partial charge in [0.2, 0.25) is 0 Å². The van der Waals surface area contributed by atoms with Crippen LogP contribution >= 0.6 is 11.3 Å². The second kappa shape index (κ2) is 4.82. The molecular formula is C15H14N4O2S. The van der Waals surface area contributed by atoms with Crippen LogP contribution in [0.1, 0.15) is 12.6 Å².